The lowest BCUT2D eigenvalue weighted by molar-refractivity contribution is -0.116. The van der Waals surface area contributed by atoms with E-state index in [2.05, 4.69) is 5.32 Å². The van der Waals surface area contributed by atoms with Crippen LogP contribution < -0.4 is 10.7 Å². The first-order valence-electron chi connectivity index (χ1n) is 9.00. The fraction of sp³-hybridized carbons (Fsp3) is 0.227. The molecule has 1 heterocycles. The molecule has 0 aliphatic rings. The zero-order valence-corrected chi connectivity index (χ0v) is 16.4. The number of nitrogens with zero attached hydrogens (tertiary/aromatic N) is 2. The molecule has 144 valence electrons. The van der Waals surface area contributed by atoms with Crippen molar-refractivity contribution in [3.05, 3.63) is 75.6 Å². The highest BCUT2D eigenvalue weighted by molar-refractivity contribution is 5.99. The normalized spacial score (nSPS) is 10.7. The topological polar surface area (TPSA) is 71.4 Å². The summed E-state index contributed by atoms with van der Waals surface area (Å²) >= 11 is 0. The average Bonchev–Trinajstić information content (AvgIpc) is 2.66. The summed E-state index contributed by atoms with van der Waals surface area (Å²) in [5.41, 5.74) is 3.24. The zero-order chi connectivity index (χ0) is 20.4. The molecule has 3 rings (SSSR count). The van der Waals surface area contributed by atoms with Crippen LogP contribution in [0.3, 0.4) is 0 Å². The van der Waals surface area contributed by atoms with Crippen molar-refractivity contribution in [1.82, 2.24) is 9.47 Å². The minimum Gasteiger partial charge on any atom is -0.345 e. The molecule has 6 heteroatoms. The first kappa shape index (κ1) is 19.4. The van der Waals surface area contributed by atoms with Crippen LogP contribution in [0.5, 0.6) is 0 Å². The highest BCUT2D eigenvalue weighted by Gasteiger charge is 2.15. The maximum absolute atomic E-state index is 12.7. The second-order valence-corrected chi connectivity index (χ2v) is 6.98. The third-order valence-corrected chi connectivity index (χ3v) is 4.77. The van der Waals surface area contributed by atoms with Gasteiger partial charge in [0.2, 0.25) is 5.91 Å². The Morgan fingerprint density at radius 3 is 2.46 bits per heavy atom. The van der Waals surface area contributed by atoms with Crippen molar-refractivity contribution >= 4 is 28.4 Å². The maximum Gasteiger partial charge on any atom is 0.253 e. The number of benzene rings is 2. The molecule has 0 atom stereocenters. The summed E-state index contributed by atoms with van der Waals surface area (Å²) < 4.78 is 1.82. The predicted octanol–water partition coefficient (Wildman–Crippen LogP) is 2.96. The van der Waals surface area contributed by atoms with Gasteiger partial charge >= 0.3 is 0 Å². The van der Waals surface area contributed by atoms with E-state index in [9.17, 15) is 14.4 Å². The quantitative estimate of drug-likeness (QED) is 0.760. The Morgan fingerprint density at radius 1 is 1.04 bits per heavy atom. The Kier molecular flexibility index (Phi) is 5.31. The molecule has 2 amide bonds. The number of fused-ring (bicyclic) bond motifs is 1. The van der Waals surface area contributed by atoms with Crippen LogP contribution in [-0.2, 0) is 11.3 Å². The van der Waals surface area contributed by atoms with E-state index < -0.39 is 0 Å². The Morgan fingerprint density at radius 2 is 1.75 bits per heavy atom. The summed E-state index contributed by atoms with van der Waals surface area (Å²) in [4.78, 5) is 38.7. The number of rotatable bonds is 4. The van der Waals surface area contributed by atoms with Crippen molar-refractivity contribution in [2.45, 2.75) is 20.4 Å². The van der Waals surface area contributed by atoms with Crippen molar-refractivity contribution in [3.63, 3.8) is 0 Å². The molecule has 1 N–H and O–H groups in total. The lowest BCUT2D eigenvalue weighted by Crippen LogP contribution is -2.24. The predicted molar refractivity (Wildman–Crippen MR) is 111 cm³/mol. The molecule has 0 bridgehead atoms. The largest absolute Gasteiger partial charge is 0.345 e. The van der Waals surface area contributed by atoms with Crippen LogP contribution in [0.4, 0.5) is 5.69 Å². The van der Waals surface area contributed by atoms with Crippen LogP contribution >= 0.6 is 0 Å². The van der Waals surface area contributed by atoms with Gasteiger partial charge < -0.3 is 14.8 Å². The number of hydrogen-bond donors (Lipinski definition) is 1. The molecule has 0 spiro atoms. The summed E-state index contributed by atoms with van der Waals surface area (Å²) in [6, 6.07) is 14.0. The summed E-state index contributed by atoms with van der Waals surface area (Å²) in [6.07, 6.45) is 0. The smallest absolute Gasteiger partial charge is 0.253 e. The average molecular weight is 377 g/mol. The van der Waals surface area contributed by atoms with E-state index in [1.807, 2.05) is 30.5 Å². The van der Waals surface area contributed by atoms with E-state index in [1.165, 1.54) is 11.0 Å². The molecule has 0 unspecified atom stereocenters. The van der Waals surface area contributed by atoms with Gasteiger partial charge in [0, 0.05) is 42.5 Å². The molecular weight excluding hydrogens is 354 g/mol. The molecule has 28 heavy (non-hydrogen) atoms. The molecule has 0 saturated carbocycles. The molecule has 0 aliphatic heterocycles. The number of aromatic nitrogens is 1. The second kappa shape index (κ2) is 7.68. The van der Waals surface area contributed by atoms with Crippen LogP contribution in [0.25, 0.3) is 10.9 Å². The Labute approximate surface area is 163 Å². The third kappa shape index (κ3) is 3.67. The summed E-state index contributed by atoms with van der Waals surface area (Å²) in [5.74, 6) is -0.342. The molecular formula is C22H23N3O3. The number of hydrogen-bond acceptors (Lipinski definition) is 3. The number of amides is 2. The third-order valence-electron chi connectivity index (χ3n) is 4.77. The summed E-state index contributed by atoms with van der Waals surface area (Å²) in [6.45, 7) is 3.69. The van der Waals surface area contributed by atoms with Crippen molar-refractivity contribution in [1.29, 1.82) is 0 Å². The van der Waals surface area contributed by atoms with Gasteiger partial charge in [-0.2, -0.15) is 0 Å². The molecule has 0 radical (unpaired) electrons. The van der Waals surface area contributed by atoms with Crippen LogP contribution in [0.15, 0.2) is 53.3 Å². The van der Waals surface area contributed by atoms with E-state index >= 15 is 0 Å². The van der Waals surface area contributed by atoms with E-state index in [-0.39, 0.29) is 23.8 Å². The lowest BCUT2D eigenvalue weighted by Gasteiger charge is -2.17. The first-order chi connectivity index (χ1) is 13.3. The molecule has 2 aromatic carbocycles. The van der Waals surface area contributed by atoms with Crippen molar-refractivity contribution < 1.29 is 9.59 Å². The van der Waals surface area contributed by atoms with Crippen LogP contribution in [0.2, 0.25) is 0 Å². The van der Waals surface area contributed by atoms with Gasteiger partial charge in [-0.3, -0.25) is 14.4 Å². The summed E-state index contributed by atoms with van der Waals surface area (Å²) in [5, 5.41) is 3.47. The van der Waals surface area contributed by atoms with Crippen LogP contribution in [-0.4, -0.2) is 35.4 Å². The Bertz CT molecular complexity index is 1130. The van der Waals surface area contributed by atoms with E-state index in [1.54, 1.807) is 44.4 Å². The highest BCUT2D eigenvalue weighted by atomic mass is 16.2. The van der Waals surface area contributed by atoms with Gasteiger partial charge in [-0.15, -0.1) is 0 Å². The lowest BCUT2D eigenvalue weighted by atomic mass is 10.1. The minimum absolute atomic E-state index is 0.0597. The Hall–Kier alpha value is -3.41. The summed E-state index contributed by atoms with van der Waals surface area (Å²) in [7, 11) is 3.38. The van der Waals surface area contributed by atoms with E-state index in [0.29, 0.717) is 22.3 Å². The fourth-order valence-corrected chi connectivity index (χ4v) is 3.24. The van der Waals surface area contributed by atoms with Gasteiger partial charge in [-0.1, -0.05) is 18.2 Å². The first-order valence-corrected chi connectivity index (χ1v) is 9.00. The number of anilines is 1. The molecule has 1 aromatic heterocycles. The van der Waals surface area contributed by atoms with Crippen LogP contribution in [0, 0.1) is 13.8 Å². The number of carbonyl (C=O) groups excluding carboxylic acids is 2. The number of carbonyl (C=O) groups is 2. The highest BCUT2D eigenvalue weighted by Crippen LogP contribution is 2.20. The van der Waals surface area contributed by atoms with Gasteiger partial charge in [-0.25, -0.2) is 0 Å². The van der Waals surface area contributed by atoms with Gasteiger partial charge in [0.25, 0.3) is 5.91 Å². The standard InChI is InChI=1S/C22H23N3O3/c1-14-12-20(26)17-8-5-6-11-19(17)25(14)13-21(27)23-18-10-7-9-16(15(18)2)22(28)24(3)4/h5-12H,13H2,1-4H3,(H,23,27). The molecule has 0 aliphatic carbocycles. The monoisotopic (exact) mass is 377 g/mol. The Balaban J connectivity index is 1.91. The van der Waals surface area contributed by atoms with Gasteiger partial charge in [0.1, 0.15) is 6.54 Å². The number of para-hydroxylation sites is 1. The van der Waals surface area contributed by atoms with Crippen molar-refractivity contribution in [2.24, 2.45) is 0 Å². The van der Waals surface area contributed by atoms with E-state index in [0.717, 1.165) is 11.1 Å². The molecule has 6 nitrogen and oxygen atoms in total. The number of nitrogens with one attached hydrogen (secondary N) is 1. The van der Waals surface area contributed by atoms with Gasteiger partial charge in [0.15, 0.2) is 5.43 Å². The second-order valence-electron chi connectivity index (χ2n) is 6.98. The van der Waals surface area contributed by atoms with Gasteiger partial charge in [-0.05, 0) is 43.7 Å². The SMILES string of the molecule is Cc1c(NC(=O)Cn2c(C)cc(=O)c3ccccc32)cccc1C(=O)N(C)C. The molecule has 0 fully saturated rings. The van der Waals surface area contributed by atoms with E-state index in [4.69, 9.17) is 0 Å². The zero-order valence-electron chi connectivity index (χ0n) is 16.4. The van der Waals surface area contributed by atoms with Crippen LogP contribution in [0.1, 0.15) is 21.6 Å². The number of pyridine rings is 1. The fourth-order valence-electron chi connectivity index (χ4n) is 3.24. The van der Waals surface area contributed by atoms with Crippen molar-refractivity contribution in [2.75, 3.05) is 19.4 Å². The molecule has 3 aromatic rings. The van der Waals surface area contributed by atoms with Gasteiger partial charge in [0.05, 0.1) is 5.52 Å². The molecule has 0 saturated heterocycles. The number of aryl methyl sites for hydroxylation is 1. The maximum atomic E-state index is 12.7. The van der Waals surface area contributed by atoms with Crippen molar-refractivity contribution in [3.8, 4) is 0 Å². The minimum atomic E-state index is -0.227.